The molecule has 0 aliphatic rings. The van der Waals surface area contributed by atoms with Crippen LogP contribution in [0, 0.1) is 6.92 Å². The van der Waals surface area contributed by atoms with Crippen LogP contribution in [0.5, 0.6) is 0 Å². The van der Waals surface area contributed by atoms with Crippen LogP contribution in [0.25, 0.3) is 32.2 Å². The number of aromatic nitrogens is 1. The van der Waals surface area contributed by atoms with Crippen molar-refractivity contribution in [3.63, 3.8) is 0 Å². The van der Waals surface area contributed by atoms with Crippen LogP contribution >= 0.6 is 0 Å². The lowest BCUT2D eigenvalue weighted by molar-refractivity contribution is 1.43. The van der Waals surface area contributed by atoms with Crippen LogP contribution in [-0.2, 0) is 0 Å². The predicted molar refractivity (Wildman–Crippen MR) is 72.8 cm³/mol. The van der Waals surface area contributed by atoms with E-state index in [0.29, 0.717) is 5.69 Å². The van der Waals surface area contributed by atoms with Crippen LogP contribution < -0.4 is 0 Å². The van der Waals surface area contributed by atoms with Gasteiger partial charge in [-0.15, -0.1) is 0 Å². The summed E-state index contributed by atoms with van der Waals surface area (Å²) in [4.78, 5) is 7.51. The number of hydrogen-bond donors (Lipinski definition) is 0. The smallest absolute Gasteiger partial charge is 0.0714 e. The average molecular weight is 234 g/mol. The number of para-hydroxylation sites is 1. The van der Waals surface area contributed by atoms with Gasteiger partial charge >= 0.3 is 0 Å². The van der Waals surface area contributed by atoms with Crippen molar-refractivity contribution < 1.29 is 0 Å². The van der Waals surface area contributed by atoms with E-state index in [1.54, 1.807) is 0 Å². The zero-order valence-corrected chi connectivity index (χ0v) is 9.83. The first kappa shape index (κ1) is 10.6. The van der Waals surface area contributed by atoms with Crippen LogP contribution in [-0.4, -0.2) is 4.98 Å². The molecule has 86 valence electrons. The normalized spacial score (nSPS) is 10.5. The third kappa shape index (κ3) is 1.56. The second-order valence-electron chi connectivity index (χ2n) is 4.19. The monoisotopic (exact) mass is 234 g/mol. The predicted octanol–water partition coefficient (Wildman–Crippen LogP) is 4.64. The molecular weight excluding hydrogens is 224 g/mol. The molecule has 0 N–H and O–H groups in total. The van der Waals surface area contributed by atoms with E-state index >= 15 is 0 Å². The van der Waals surface area contributed by atoms with Gasteiger partial charge in [-0.25, -0.2) is 4.98 Å². The van der Waals surface area contributed by atoms with E-state index in [1.165, 1.54) is 0 Å². The third-order valence-corrected chi connectivity index (χ3v) is 2.95. The molecule has 0 amide bonds. The maximum absolute atomic E-state index is 8.75. The molecule has 0 spiro atoms. The van der Waals surface area contributed by atoms with Gasteiger partial charge in [0.25, 0.3) is 0 Å². The lowest BCUT2D eigenvalue weighted by Crippen LogP contribution is -1.84. The fourth-order valence-electron chi connectivity index (χ4n) is 2.14. The molecule has 18 heavy (non-hydrogen) atoms. The van der Waals surface area contributed by atoms with E-state index in [1.807, 2.05) is 49.4 Å². The molecule has 1 aromatic heterocycles. The summed E-state index contributed by atoms with van der Waals surface area (Å²) in [6.07, 6.45) is 0. The van der Waals surface area contributed by atoms with Crippen LogP contribution in [0.3, 0.4) is 0 Å². The number of fused-ring (bicyclic) bond motifs is 2. The van der Waals surface area contributed by atoms with Gasteiger partial charge in [0.1, 0.15) is 0 Å². The second-order valence-corrected chi connectivity index (χ2v) is 4.19. The number of nitrogens with zero attached hydrogens (tertiary/aromatic N) is 4. The number of aryl methyl sites for hydroxylation is 1. The van der Waals surface area contributed by atoms with Crippen molar-refractivity contribution in [2.75, 3.05) is 0 Å². The van der Waals surface area contributed by atoms with E-state index in [9.17, 15) is 0 Å². The minimum atomic E-state index is 0.654. The summed E-state index contributed by atoms with van der Waals surface area (Å²) < 4.78 is 0. The van der Waals surface area contributed by atoms with Crippen molar-refractivity contribution in [1.29, 1.82) is 0 Å². The number of rotatable bonds is 1. The molecule has 0 unspecified atom stereocenters. The van der Waals surface area contributed by atoms with Gasteiger partial charge in [0.05, 0.1) is 16.7 Å². The number of pyridine rings is 1. The zero-order valence-electron chi connectivity index (χ0n) is 9.83. The fraction of sp³-hybridized carbons (Fsp3) is 0.0714. The minimum absolute atomic E-state index is 0.654. The molecule has 0 radical (unpaired) electrons. The molecule has 0 saturated heterocycles. The maximum Gasteiger partial charge on any atom is 0.0714 e. The molecule has 0 atom stereocenters. The summed E-state index contributed by atoms with van der Waals surface area (Å²) in [5.74, 6) is 0. The van der Waals surface area contributed by atoms with Gasteiger partial charge in [0.2, 0.25) is 0 Å². The Morgan fingerprint density at radius 3 is 2.67 bits per heavy atom. The molecular formula is C14H10N4. The summed E-state index contributed by atoms with van der Waals surface area (Å²) in [5.41, 5.74) is 12.2. The highest BCUT2D eigenvalue weighted by Crippen LogP contribution is 2.33. The van der Waals surface area contributed by atoms with Crippen LogP contribution in [0.1, 0.15) is 5.56 Å². The lowest BCUT2D eigenvalue weighted by Gasteiger charge is -2.06. The molecule has 0 fully saturated rings. The SMILES string of the molecule is Cc1ccc2nc3ccccc3c(N=[N+]=[N-])c2c1. The van der Waals surface area contributed by atoms with Crippen molar-refractivity contribution in [1.82, 2.24) is 4.98 Å². The van der Waals surface area contributed by atoms with Crippen molar-refractivity contribution in [3.05, 3.63) is 58.5 Å². The number of hydrogen-bond acceptors (Lipinski definition) is 2. The highest BCUT2D eigenvalue weighted by atomic mass is 15.1. The molecule has 4 nitrogen and oxygen atoms in total. The second kappa shape index (κ2) is 4.02. The van der Waals surface area contributed by atoms with Crippen molar-refractivity contribution in [2.45, 2.75) is 6.92 Å². The van der Waals surface area contributed by atoms with Gasteiger partial charge in [-0.2, -0.15) is 0 Å². The molecule has 0 aliphatic carbocycles. The Labute approximate surface area is 104 Å². The highest BCUT2D eigenvalue weighted by molar-refractivity contribution is 6.06. The van der Waals surface area contributed by atoms with Crippen LogP contribution in [0.2, 0.25) is 0 Å². The first-order valence-electron chi connectivity index (χ1n) is 5.64. The Bertz CT molecular complexity index is 801. The van der Waals surface area contributed by atoms with Crippen LogP contribution in [0.15, 0.2) is 47.6 Å². The topological polar surface area (TPSA) is 61.7 Å². The van der Waals surface area contributed by atoms with Gasteiger partial charge in [-0.3, -0.25) is 0 Å². The van der Waals surface area contributed by atoms with Crippen molar-refractivity contribution >= 4 is 27.5 Å². The van der Waals surface area contributed by atoms with E-state index in [0.717, 1.165) is 27.4 Å². The first-order valence-corrected chi connectivity index (χ1v) is 5.64. The minimum Gasteiger partial charge on any atom is -0.248 e. The van der Waals surface area contributed by atoms with E-state index in [4.69, 9.17) is 5.53 Å². The Morgan fingerprint density at radius 2 is 1.83 bits per heavy atom. The molecule has 0 aliphatic heterocycles. The van der Waals surface area contributed by atoms with Crippen LogP contribution in [0.4, 0.5) is 5.69 Å². The van der Waals surface area contributed by atoms with Gasteiger partial charge in [-0.05, 0) is 30.7 Å². The van der Waals surface area contributed by atoms with E-state index in [-0.39, 0.29) is 0 Å². The first-order chi connectivity index (χ1) is 8.79. The maximum atomic E-state index is 8.75. The quantitative estimate of drug-likeness (QED) is 0.262. The van der Waals surface area contributed by atoms with E-state index in [2.05, 4.69) is 15.0 Å². The van der Waals surface area contributed by atoms with Gasteiger partial charge in [0, 0.05) is 15.7 Å². The Morgan fingerprint density at radius 1 is 1.06 bits per heavy atom. The summed E-state index contributed by atoms with van der Waals surface area (Å²) in [6, 6.07) is 13.6. The van der Waals surface area contributed by atoms with E-state index < -0.39 is 0 Å². The molecule has 1 heterocycles. The standard InChI is InChI=1S/C14H10N4/c1-9-6-7-13-11(8-9)14(17-18-15)10-4-2-3-5-12(10)16-13/h2-8H,1H3. The molecule has 2 aromatic carbocycles. The lowest BCUT2D eigenvalue weighted by atomic mass is 10.1. The summed E-state index contributed by atoms with van der Waals surface area (Å²) in [5, 5.41) is 5.62. The Balaban J connectivity index is 2.59. The average Bonchev–Trinajstić information content (AvgIpc) is 2.39. The molecule has 4 heteroatoms. The Kier molecular flexibility index (Phi) is 2.36. The molecule has 0 bridgehead atoms. The summed E-state index contributed by atoms with van der Waals surface area (Å²) in [7, 11) is 0. The largest absolute Gasteiger partial charge is 0.248 e. The van der Waals surface area contributed by atoms with Crippen molar-refractivity contribution in [3.8, 4) is 0 Å². The summed E-state index contributed by atoms with van der Waals surface area (Å²) >= 11 is 0. The van der Waals surface area contributed by atoms with Gasteiger partial charge in [-0.1, -0.05) is 34.9 Å². The van der Waals surface area contributed by atoms with Crippen molar-refractivity contribution in [2.24, 2.45) is 5.11 Å². The van der Waals surface area contributed by atoms with Gasteiger partial charge in [0.15, 0.2) is 0 Å². The highest BCUT2D eigenvalue weighted by Gasteiger charge is 2.07. The fourth-order valence-corrected chi connectivity index (χ4v) is 2.14. The zero-order chi connectivity index (χ0) is 12.5. The summed E-state index contributed by atoms with van der Waals surface area (Å²) in [6.45, 7) is 2.01. The molecule has 3 aromatic rings. The number of azide groups is 1. The molecule has 3 rings (SSSR count). The molecule has 0 saturated carbocycles. The Hall–Kier alpha value is -2.58. The number of benzene rings is 2. The third-order valence-electron chi connectivity index (χ3n) is 2.95. The van der Waals surface area contributed by atoms with Gasteiger partial charge < -0.3 is 0 Å².